The molecule has 3 nitrogen and oxygen atoms in total. The van der Waals surface area contributed by atoms with Gasteiger partial charge in [0.2, 0.25) is 0 Å². The van der Waals surface area contributed by atoms with Crippen LogP contribution in [0.15, 0.2) is 21.5 Å². The number of azo groups is 1. The first-order chi connectivity index (χ1) is 4.63. The van der Waals surface area contributed by atoms with Crippen molar-refractivity contribution in [1.29, 1.82) is 0 Å². The van der Waals surface area contributed by atoms with Crippen LogP contribution in [0.1, 0.15) is 20.8 Å². The minimum Gasteiger partial charge on any atom is -0.265 e. The number of nitrogens with zero attached hydrogens (tertiary/aromatic N) is 2. The van der Waals surface area contributed by atoms with Crippen molar-refractivity contribution in [3.05, 3.63) is 11.3 Å². The van der Waals surface area contributed by atoms with Crippen LogP contribution in [-0.4, -0.2) is 5.91 Å². The van der Waals surface area contributed by atoms with Gasteiger partial charge in [-0.25, -0.2) is 0 Å². The number of carbonyl (C=O) groups excluding carboxylic acids is 1. The van der Waals surface area contributed by atoms with Gasteiger partial charge in [0.05, 0.1) is 5.70 Å². The molecule has 1 rings (SSSR count). The quantitative estimate of drug-likeness (QED) is 0.545. The van der Waals surface area contributed by atoms with Crippen molar-refractivity contribution >= 4 is 5.91 Å². The molecule has 0 bridgehead atoms. The Kier molecular flexibility index (Phi) is 1.66. The van der Waals surface area contributed by atoms with E-state index in [0.29, 0.717) is 0 Å². The van der Waals surface area contributed by atoms with E-state index in [1.165, 1.54) is 0 Å². The van der Waals surface area contributed by atoms with E-state index < -0.39 is 0 Å². The average Bonchev–Trinajstić information content (AvgIpc) is 2.11. The first-order valence-corrected chi connectivity index (χ1v) is 3.29. The van der Waals surface area contributed by atoms with Crippen molar-refractivity contribution < 1.29 is 4.79 Å². The number of rotatable bonds is 1. The Morgan fingerprint density at radius 1 is 1.30 bits per heavy atom. The molecular formula is C7H10N2O. The molecule has 0 fully saturated rings. The first kappa shape index (κ1) is 7.12. The van der Waals surface area contributed by atoms with E-state index >= 15 is 0 Å². The Bertz CT molecular complexity index is 226. The molecule has 1 aliphatic heterocycles. The lowest BCUT2D eigenvalue weighted by Crippen LogP contribution is -2.02. The first-order valence-electron chi connectivity index (χ1n) is 3.29. The van der Waals surface area contributed by atoms with E-state index in [9.17, 15) is 4.79 Å². The van der Waals surface area contributed by atoms with Crippen molar-refractivity contribution in [2.45, 2.75) is 20.8 Å². The van der Waals surface area contributed by atoms with E-state index in [2.05, 4.69) is 10.2 Å². The number of hydrogen-bond acceptors (Lipinski definition) is 2. The topological polar surface area (TPSA) is 41.8 Å². The smallest absolute Gasteiger partial charge is 0.265 e. The van der Waals surface area contributed by atoms with Crippen LogP contribution in [0.3, 0.4) is 0 Å². The summed E-state index contributed by atoms with van der Waals surface area (Å²) in [6, 6.07) is 0. The van der Waals surface area contributed by atoms with Gasteiger partial charge in [0.25, 0.3) is 5.91 Å². The van der Waals surface area contributed by atoms with Gasteiger partial charge in [-0.2, -0.15) is 5.11 Å². The minimum absolute atomic E-state index is 0.174. The zero-order chi connectivity index (χ0) is 7.72. The molecule has 0 atom stereocenters. The van der Waals surface area contributed by atoms with Gasteiger partial charge in [-0.05, 0) is 12.8 Å². The van der Waals surface area contributed by atoms with Gasteiger partial charge in [0.15, 0.2) is 0 Å². The predicted octanol–water partition coefficient (Wildman–Crippen LogP) is 1.91. The highest BCUT2D eigenvalue weighted by atomic mass is 16.2. The van der Waals surface area contributed by atoms with Gasteiger partial charge in [-0.3, -0.25) is 4.79 Å². The van der Waals surface area contributed by atoms with E-state index in [4.69, 9.17) is 0 Å². The van der Waals surface area contributed by atoms with Crippen LogP contribution < -0.4 is 0 Å². The molecule has 1 amide bonds. The fourth-order valence-electron chi connectivity index (χ4n) is 1.05. The lowest BCUT2D eigenvalue weighted by molar-refractivity contribution is -0.114. The van der Waals surface area contributed by atoms with Crippen LogP contribution >= 0.6 is 0 Å². The Morgan fingerprint density at radius 3 is 2.10 bits per heavy atom. The van der Waals surface area contributed by atoms with Crippen molar-refractivity contribution in [3.63, 3.8) is 0 Å². The maximum Gasteiger partial charge on any atom is 0.293 e. The summed E-state index contributed by atoms with van der Waals surface area (Å²) in [6.07, 6.45) is 0. The molecule has 0 radical (unpaired) electrons. The molecule has 1 aliphatic rings. The highest BCUT2D eigenvalue weighted by Crippen LogP contribution is 2.22. The number of hydrogen-bond donors (Lipinski definition) is 0. The standard InChI is InChI=1S/C7H10N2O/c1-4(2)6-5(3)8-9-7(6)10/h4H,1-3H3. The normalized spacial score (nSPS) is 17.8. The highest BCUT2D eigenvalue weighted by Gasteiger charge is 2.20. The number of carbonyl (C=O) groups is 1. The molecule has 54 valence electrons. The van der Waals surface area contributed by atoms with Crippen molar-refractivity contribution in [1.82, 2.24) is 0 Å². The Hall–Kier alpha value is -0.990. The van der Waals surface area contributed by atoms with Crippen LogP contribution in [0.5, 0.6) is 0 Å². The Labute approximate surface area is 59.8 Å². The number of amides is 1. The van der Waals surface area contributed by atoms with E-state index in [1.807, 2.05) is 20.8 Å². The van der Waals surface area contributed by atoms with Crippen LogP contribution in [0.2, 0.25) is 0 Å². The second-order valence-electron chi connectivity index (χ2n) is 2.66. The van der Waals surface area contributed by atoms with Gasteiger partial charge in [-0.15, -0.1) is 5.11 Å². The summed E-state index contributed by atoms with van der Waals surface area (Å²) in [5.74, 6) is 0.0648. The summed E-state index contributed by atoms with van der Waals surface area (Å²) in [6.45, 7) is 5.74. The third kappa shape index (κ3) is 0.988. The Balaban J connectivity index is 2.96. The highest BCUT2D eigenvalue weighted by molar-refractivity contribution is 5.96. The molecule has 0 saturated heterocycles. The van der Waals surface area contributed by atoms with Crippen LogP contribution in [0.25, 0.3) is 0 Å². The fourth-order valence-corrected chi connectivity index (χ4v) is 1.05. The van der Waals surface area contributed by atoms with Gasteiger partial charge in [0.1, 0.15) is 0 Å². The van der Waals surface area contributed by atoms with Gasteiger partial charge in [0, 0.05) is 5.57 Å². The van der Waals surface area contributed by atoms with Crippen molar-refractivity contribution in [3.8, 4) is 0 Å². The lowest BCUT2D eigenvalue weighted by Gasteiger charge is -2.01. The predicted molar refractivity (Wildman–Crippen MR) is 37.4 cm³/mol. The third-order valence-electron chi connectivity index (χ3n) is 1.49. The molecule has 0 saturated carbocycles. The van der Waals surface area contributed by atoms with E-state index in [-0.39, 0.29) is 11.8 Å². The van der Waals surface area contributed by atoms with Gasteiger partial charge < -0.3 is 0 Å². The van der Waals surface area contributed by atoms with Gasteiger partial charge in [-0.1, -0.05) is 13.8 Å². The average molecular weight is 138 g/mol. The van der Waals surface area contributed by atoms with Crippen molar-refractivity contribution in [2.24, 2.45) is 16.1 Å². The second-order valence-corrected chi connectivity index (χ2v) is 2.66. The summed E-state index contributed by atoms with van der Waals surface area (Å²) < 4.78 is 0. The van der Waals surface area contributed by atoms with E-state index in [1.54, 1.807) is 0 Å². The van der Waals surface area contributed by atoms with Gasteiger partial charge >= 0.3 is 0 Å². The maximum absolute atomic E-state index is 10.9. The zero-order valence-electron chi connectivity index (χ0n) is 6.38. The monoisotopic (exact) mass is 138 g/mol. The summed E-state index contributed by atoms with van der Waals surface area (Å²) in [5.41, 5.74) is 1.51. The molecule has 3 heteroatoms. The Morgan fingerprint density at radius 2 is 1.90 bits per heavy atom. The molecule has 1 heterocycles. The maximum atomic E-state index is 10.9. The summed E-state index contributed by atoms with van der Waals surface area (Å²) >= 11 is 0. The molecule has 0 aromatic carbocycles. The lowest BCUT2D eigenvalue weighted by atomic mass is 10.0. The molecule has 0 aromatic rings. The summed E-state index contributed by atoms with van der Waals surface area (Å²) in [5, 5.41) is 7.11. The molecule has 0 aromatic heterocycles. The zero-order valence-corrected chi connectivity index (χ0v) is 6.38. The number of allylic oxidation sites excluding steroid dienone is 1. The largest absolute Gasteiger partial charge is 0.293 e. The molecule has 10 heavy (non-hydrogen) atoms. The molecule has 0 aliphatic carbocycles. The van der Waals surface area contributed by atoms with Crippen LogP contribution in [0, 0.1) is 5.92 Å². The van der Waals surface area contributed by atoms with Crippen LogP contribution in [-0.2, 0) is 4.79 Å². The summed E-state index contributed by atoms with van der Waals surface area (Å²) in [7, 11) is 0. The third-order valence-corrected chi connectivity index (χ3v) is 1.49. The van der Waals surface area contributed by atoms with Crippen molar-refractivity contribution in [2.75, 3.05) is 0 Å². The molecule has 0 unspecified atom stereocenters. The van der Waals surface area contributed by atoms with Crippen LogP contribution in [0.4, 0.5) is 0 Å². The molecule has 0 spiro atoms. The SMILES string of the molecule is CC1=C(C(C)C)C(=O)N=N1. The summed E-state index contributed by atoms with van der Waals surface area (Å²) in [4.78, 5) is 10.9. The second kappa shape index (κ2) is 2.33. The fraction of sp³-hybridized carbons (Fsp3) is 0.571. The molecule has 0 N–H and O–H groups in total. The minimum atomic E-state index is -0.174. The van der Waals surface area contributed by atoms with E-state index in [0.717, 1.165) is 11.3 Å². The molecular weight excluding hydrogens is 128 g/mol.